The van der Waals surface area contributed by atoms with Crippen LogP contribution in [0.5, 0.6) is 0 Å². The van der Waals surface area contributed by atoms with Crippen LogP contribution < -0.4 is 4.90 Å². The number of nitrogens with zero attached hydrogens (tertiary/aromatic N) is 3. The van der Waals surface area contributed by atoms with Gasteiger partial charge in [0.25, 0.3) is 0 Å². The Kier molecular flexibility index (Phi) is 3.02. The largest absolute Gasteiger partial charge is 0.355 e. The molecule has 0 N–H and O–H groups in total. The van der Waals surface area contributed by atoms with Crippen LogP contribution in [0.3, 0.4) is 0 Å². The predicted octanol–water partition coefficient (Wildman–Crippen LogP) is 2.06. The van der Waals surface area contributed by atoms with E-state index in [1.54, 1.807) is 0 Å². The Hall–Kier alpha value is -1.09. The predicted molar refractivity (Wildman–Crippen MR) is 70.4 cm³/mol. The van der Waals surface area contributed by atoms with Gasteiger partial charge in [-0.15, -0.1) is 0 Å². The molecule has 17 heavy (non-hydrogen) atoms. The van der Waals surface area contributed by atoms with Gasteiger partial charge in [0.05, 0.1) is 0 Å². The molecule has 0 saturated carbocycles. The van der Waals surface area contributed by atoms with Crippen molar-refractivity contribution < 1.29 is 0 Å². The molecule has 1 aromatic heterocycles. The number of hydrogen-bond donors (Lipinski definition) is 0. The van der Waals surface area contributed by atoms with Crippen LogP contribution in [0.25, 0.3) is 0 Å². The molecule has 0 radical (unpaired) electrons. The average molecular weight is 231 g/mol. The molecule has 0 aliphatic carbocycles. The van der Waals surface area contributed by atoms with E-state index in [1.165, 1.54) is 32.4 Å². The number of aryl methyl sites for hydroxylation is 1. The van der Waals surface area contributed by atoms with Crippen molar-refractivity contribution in [3.63, 3.8) is 0 Å². The van der Waals surface area contributed by atoms with Crippen molar-refractivity contribution in [2.24, 2.45) is 0 Å². The number of hydrogen-bond acceptors (Lipinski definition) is 3. The van der Waals surface area contributed by atoms with E-state index in [2.05, 4.69) is 39.9 Å². The van der Waals surface area contributed by atoms with Gasteiger partial charge in [-0.25, -0.2) is 4.98 Å². The topological polar surface area (TPSA) is 19.4 Å². The summed E-state index contributed by atoms with van der Waals surface area (Å²) in [5.41, 5.74) is 1.12. The third-order valence-corrected chi connectivity index (χ3v) is 4.02. The lowest BCUT2D eigenvalue weighted by Gasteiger charge is -2.24. The molecule has 3 rings (SSSR count). The van der Waals surface area contributed by atoms with Crippen molar-refractivity contribution in [2.75, 3.05) is 31.1 Å². The standard InChI is InChI=1S/C14H21N3/c1-12-5-4-6-14(15-12)17-10-7-13(11-17)16-8-2-3-9-16/h4-6,13H,2-3,7-11H2,1H3. The first-order chi connectivity index (χ1) is 8.33. The van der Waals surface area contributed by atoms with Crippen LogP contribution >= 0.6 is 0 Å². The van der Waals surface area contributed by atoms with Gasteiger partial charge in [0, 0.05) is 24.8 Å². The molecule has 2 saturated heterocycles. The molecule has 0 amide bonds. The summed E-state index contributed by atoms with van der Waals surface area (Å²) in [5.74, 6) is 1.16. The van der Waals surface area contributed by atoms with E-state index in [-0.39, 0.29) is 0 Å². The number of anilines is 1. The molecule has 0 aromatic carbocycles. The number of likely N-dealkylation sites (tertiary alicyclic amines) is 1. The number of aromatic nitrogens is 1. The number of rotatable bonds is 2. The molecule has 1 aromatic rings. The van der Waals surface area contributed by atoms with E-state index < -0.39 is 0 Å². The van der Waals surface area contributed by atoms with Crippen LogP contribution in [-0.2, 0) is 0 Å². The summed E-state index contributed by atoms with van der Waals surface area (Å²) in [5, 5.41) is 0. The van der Waals surface area contributed by atoms with Crippen molar-refractivity contribution in [1.29, 1.82) is 0 Å². The molecular weight excluding hydrogens is 210 g/mol. The molecule has 1 atom stereocenters. The normalized spacial score (nSPS) is 25.7. The van der Waals surface area contributed by atoms with Crippen LogP contribution in [0.2, 0.25) is 0 Å². The van der Waals surface area contributed by atoms with Crippen LogP contribution in [0.15, 0.2) is 18.2 Å². The monoisotopic (exact) mass is 231 g/mol. The fourth-order valence-corrected chi connectivity index (χ4v) is 3.06. The first kappa shape index (κ1) is 11.0. The molecule has 3 heterocycles. The Morgan fingerprint density at radius 3 is 2.76 bits per heavy atom. The molecule has 2 aliphatic rings. The molecule has 2 fully saturated rings. The highest BCUT2D eigenvalue weighted by atomic mass is 15.3. The molecular formula is C14H21N3. The number of pyridine rings is 1. The van der Waals surface area contributed by atoms with E-state index >= 15 is 0 Å². The Morgan fingerprint density at radius 2 is 2.00 bits per heavy atom. The second-order valence-corrected chi connectivity index (χ2v) is 5.27. The summed E-state index contributed by atoms with van der Waals surface area (Å²) in [6.07, 6.45) is 4.08. The minimum absolute atomic E-state index is 0.764. The van der Waals surface area contributed by atoms with Crippen molar-refractivity contribution >= 4 is 5.82 Å². The van der Waals surface area contributed by atoms with Gasteiger partial charge in [-0.1, -0.05) is 6.07 Å². The first-order valence-corrected chi connectivity index (χ1v) is 6.75. The third kappa shape index (κ3) is 2.29. The summed E-state index contributed by atoms with van der Waals surface area (Å²) < 4.78 is 0. The summed E-state index contributed by atoms with van der Waals surface area (Å²) in [6, 6.07) is 7.08. The first-order valence-electron chi connectivity index (χ1n) is 6.75. The Balaban J connectivity index is 1.67. The maximum absolute atomic E-state index is 4.62. The maximum atomic E-state index is 4.62. The summed E-state index contributed by atoms with van der Waals surface area (Å²) in [6.45, 7) is 7.01. The second-order valence-electron chi connectivity index (χ2n) is 5.27. The van der Waals surface area contributed by atoms with Crippen LogP contribution in [0.4, 0.5) is 5.82 Å². The molecule has 0 bridgehead atoms. The molecule has 0 spiro atoms. The molecule has 2 aliphatic heterocycles. The van der Waals surface area contributed by atoms with Crippen molar-refractivity contribution in [3.8, 4) is 0 Å². The molecule has 92 valence electrons. The van der Waals surface area contributed by atoms with Crippen molar-refractivity contribution in [3.05, 3.63) is 23.9 Å². The molecule has 1 unspecified atom stereocenters. The van der Waals surface area contributed by atoms with Gasteiger partial charge in [-0.2, -0.15) is 0 Å². The van der Waals surface area contributed by atoms with E-state index in [0.717, 1.165) is 30.6 Å². The summed E-state index contributed by atoms with van der Waals surface area (Å²) in [7, 11) is 0. The van der Waals surface area contributed by atoms with Gasteiger partial charge < -0.3 is 4.90 Å². The SMILES string of the molecule is Cc1cccc(N2CCC(N3CCCC3)C2)n1. The Labute approximate surface area is 103 Å². The van der Waals surface area contributed by atoms with Crippen molar-refractivity contribution in [1.82, 2.24) is 9.88 Å². The average Bonchev–Trinajstić information content (AvgIpc) is 3.00. The van der Waals surface area contributed by atoms with E-state index in [0.29, 0.717) is 0 Å². The quantitative estimate of drug-likeness (QED) is 0.776. The lowest BCUT2D eigenvalue weighted by molar-refractivity contribution is 0.260. The van der Waals surface area contributed by atoms with Gasteiger partial charge >= 0.3 is 0 Å². The van der Waals surface area contributed by atoms with Gasteiger partial charge in [0.15, 0.2) is 0 Å². The lowest BCUT2D eigenvalue weighted by atomic mass is 10.2. The highest BCUT2D eigenvalue weighted by Gasteiger charge is 2.29. The van der Waals surface area contributed by atoms with Crippen LogP contribution in [0, 0.1) is 6.92 Å². The van der Waals surface area contributed by atoms with E-state index in [9.17, 15) is 0 Å². The van der Waals surface area contributed by atoms with Gasteiger partial charge in [0.2, 0.25) is 0 Å². The van der Waals surface area contributed by atoms with E-state index in [4.69, 9.17) is 0 Å². The molecule has 3 heteroatoms. The summed E-state index contributed by atoms with van der Waals surface area (Å²) >= 11 is 0. The Bertz CT molecular complexity index is 385. The zero-order valence-electron chi connectivity index (χ0n) is 10.6. The van der Waals surface area contributed by atoms with Gasteiger partial charge in [-0.3, -0.25) is 4.90 Å². The highest BCUT2D eigenvalue weighted by Crippen LogP contribution is 2.24. The lowest BCUT2D eigenvalue weighted by Crippen LogP contribution is -2.35. The zero-order chi connectivity index (χ0) is 11.7. The third-order valence-electron chi connectivity index (χ3n) is 4.02. The summed E-state index contributed by atoms with van der Waals surface area (Å²) in [4.78, 5) is 9.73. The van der Waals surface area contributed by atoms with Crippen LogP contribution in [-0.4, -0.2) is 42.1 Å². The minimum atomic E-state index is 0.764. The molecule has 3 nitrogen and oxygen atoms in total. The zero-order valence-corrected chi connectivity index (χ0v) is 10.6. The highest BCUT2D eigenvalue weighted by molar-refractivity contribution is 5.40. The fraction of sp³-hybridized carbons (Fsp3) is 0.643. The van der Waals surface area contributed by atoms with Crippen LogP contribution in [0.1, 0.15) is 25.0 Å². The van der Waals surface area contributed by atoms with Gasteiger partial charge in [-0.05, 0) is 51.4 Å². The Morgan fingerprint density at radius 1 is 1.18 bits per heavy atom. The smallest absolute Gasteiger partial charge is 0.128 e. The van der Waals surface area contributed by atoms with Crippen molar-refractivity contribution in [2.45, 2.75) is 32.2 Å². The minimum Gasteiger partial charge on any atom is -0.355 e. The maximum Gasteiger partial charge on any atom is 0.128 e. The second kappa shape index (κ2) is 4.65. The van der Waals surface area contributed by atoms with Gasteiger partial charge in [0.1, 0.15) is 5.82 Å². The van der Waals surface area contributed by atoms with E-state index in [1.807, 2.05) is 0 Å². The fourth-order valence-electron chi connectivity index (χ4n) is 3.06.